The summed E-state index contributed by atoms with van der Waals surface area (Å²) in [6, 6.07) is 16.4. The normalized spacial score (nSPS) is 10.8. The third kappa shape index (κ3) is 4.20. The number of carbonyl (C=O) groups is 2. The Labute approximate surface area is 199 Å². The van der Waals surface area contributed by atoms with E-state index in [-0.39, 0.29) is 11.4 Å². The number of amides is 1. The number of methoxy groups -OCH3 is 2. The van der Waals surface area contributed by atoms with E-state index >= 15 is 0 Å². The Morgan fingerprint density at radius 3 is 2.24 bits per heavy atom. The van der Waals surface area contributed by atoms with Crippen molar-refractivity contribution < 1.29 is 19.1 Å². The van der Waals surface area contributed by atoms with Crippen LogP contribution in [-0.2, 0) is 0 Å². The lowest BCUT2D eigenvalue weighted by Crippen LogP contribution is -2.18. The van der Waals surface area contributed by atoms with E-state index in [9.17, 15) is 9.59 Å². The quantitative estimate of drug-likeness (QED) is 0.391. The van der Waals surface area contributed by atoms with Gasteiger partial charge in [-0.1, -0.05) is 41.4 Å². The van der Waals surface area contributed by atoms with E-state index in [2.05, 4.69) is 5.32 Å². The second kappa shape index (κ2) is 9.05. The lowest BCUT2D eigenvalue weighted by molar-refractivity contribution is 0.0967. The number of halogens is 2. The minimum Gasteiger partial charge on any atom is -0.493 e. The van der Waals surface area contributed by atoms with Crippen molar-refractivity contribution in [3.8, 4) is 11.5 Å². The smallest absolute Gasteiger partial charge is 0.264 e. The SMILES string of the molecule is COc1ccc(C(=O)n2c(N)c(C(=O)Nc3cc(Cl)cc(Cl)c3)c3ccccc32)cc1OC. The molecular weight excluding hydrogens is 465 g/mol. The highest BCUT2D eigenvalue weighted by Gasteiger charge is 2.25. The number of hydrogen-bond acceptors (Lipinski definition) is 5. The molecule has 0 saturated heterocycles. The van der Waals surface area contributed by atoms with Crippen molar-refractivity contribution in [3.63, 3.8) is 0 Å². The maximum Gasteiger partial charge on any atom is 0.264 e. The predicted molar refractivity (Wildman–Crippen MR) is 130 cm³/mol. The largest absolute Gasteiger partial charge is 0.493 e. The number of nitrogen functional groups attached to an aromatic ring is 1. The number of benzene rings is 3. The molecule has 33 heavy (non-hydrogen) atoms. The molecule has 4 rings (SSSR count). The van der Waals surface area contributed by atoms with Crippen LogP contribution >= 0.6 is 23.2 Å². The van der Waals surface area contributed by atoms with Crippen molar-refractivity contribution >= 4 is 57.4 Å². The van der Waals surface area contributed by atoms with E-state index in [4.69, 9.17) is 38.4 Å². The number of anilines is 2. The molecule has 0 radical (unpaired) electrons. The van der Waals surface area contributed by atoms with Gasteiger partial charge in [0, 0.05) is 26.7 Å². The number of nitrogens with one attached hydrogen (secondary N) is 1. The van der Waals surface area contributed by atoms with Crippen LogP contribution in [0.15, 0.2) is 60.7 Å². The molecule has 0 saturated carbocycles. The predicted octanol–water partition coefficient (Wildman–Crippen LogP) is 5.49. The van der Waals surface area contributed by atoms with Gasteiger partial charge in [0.15, 0.2) is 11.5 Å². The van der Waals surface area contributed by atoms with E-state index in [1.165, 1.54) is 18.8 Å². The van der Waals surface area contributed by atoms with Crippen LogP contribution in [0.3, 0.4) is 0 Å². The Morgan fingerprint density at radius 2 is 1.58 bits per heavy atom. The molecule has 7 nitrogen and oxygen atoms in total. The number of fused-ring (bicyclic) bond motifs is 1. The molecule has 168 valence electrons. The summed E-state index contributed by atoms with van der Waals surface area (Å²) in [5.41, 5.74) is 7.74. The fourth-order valence-corrected chi connectivity index (χ4v) is 4.16. The zero-order valence-electron chi connectivity index (χ0n) is 17.7. The molecule has 3 N–H and O–H groups in total. The van der Waals surface area contributed by atoms with Gasteiger partial charge in [-0.05, 0) is 42.5 Å². The summed E-state index contributed by atoms with van der Waals surface area (Å²) in [5.74, 6) is -0.0363. The molecule has 0 spiro atoms. The van der Waals surface area contributed by atoms with Gasteiger partial charge < -0.3 is 20.5 Å². The number of rotatable bonds is 5. The monoisotopic (exact) mass is 483 g/mol. The van der Waals surface area contributed by atoms with E-state index < -0.39 is 11.8 Å². The van der Waals surface area contributed by atoms with Gasteiger partial charge in [0.05, 0.1) is 25.3 Å². The Morgan fingerprint density at radius 1 is 0.909 bits per heavy atom. The van der Waals surface area contributed by atoms with Crippen molar-refractivity contribution in [2.75, 3.05) is 25.3 Å². The zero-order chi connectivity index (χ0) is 23.7. The first-order chi connectivity index (χ1) is 15.8. The van der Waals surface area contributed by atoms with Crippen LogP contribution in [0.2, 0.25) is 10.0 Å². The standard InChI is InChI=1S/C24H19Cl2N3O4/c1-32-19-8-7-13(9-20(19)33-2)24(31)29-18-6-4-3-5-17(18)21(22(29)27)23(30)28-16-11-14(25)10-15(26)12-16/h3-12H,27H2,1-2H3,(H,28,30). The lowest BCUT2D eigenvalue weighted by Gasteiger charge is -2.11. The minimum absolute atomic E-state index is 0.00149. The first-order valence-corrected chi connectivity index (χ1v) is 10.5. The van der Waals surface area contributed by atoms with Gasteiger partial charge in [0.2, 0.25) is 0 Å². The highest BCUT2D eigenvalue weighted by Crippen LogP contribution is 2.33. The molecule has 0 aliphatic rings. The summed E-state index contributed by atoms with van der Waals surface area (Å²) in [7, 11) is 2.99. The third-order valence-electron chi connectivity index (χ3n) is 5.09. The van der Waals surface area contributed by atoms with Gasteiger partial charge >= 0.3 is 0 Å². The van der Waals surface area contributed by atoms with Gasteiger partial charge in [-0.3, -0.25) is 14.2 Å². The van der Waals surface area contributed by atoms with Crippen LogP contribution in [0.25, 0.3) is 10.9 Å². The van der Waals surface area contributed by atoms with Crippen LogP contribution in [0.1, 0.15) is 20.7 Å². The summed E-state index contributed by atoms with van der Waals surface area (Å²) in [4.78, 5) is 26.6. The van der Waals surface area contributed by atoms with E-state index in [0.29, 0.717) is 43.7 Å². The highest BCUT2D eigenvalue weighted by molar-refractivity contribution is 6.35. The first kappa shape index (κ1) is 22.5. The number of para-hydroxylation sites is 1. The minimum atomic E-state index is -0.499. The molecule has 1 aromatic heterocycles. The molecule has 0 aliphatic carbocycles. The molecule has 1 heterocycles. The van der Waals surface area contributed by atoms with Crippen LogP contribution in [-0.4, -0.2) is 30.6 Å². The number of nitrogens with zero attached hydrogens (tertiary/aromatic N) is 1. The average molecular weight is 484 g/mol. The number of ether oxygens (including phenoxy) is 2. The second-order valence-corrected chi connectivity index (χ2v) is 7.97. The van der Waals surface area contributed by atoms with Crippen LogP contribution in [0.4, 0.5) is 11.5 Å². The summed E-state index contributed by atoms with van der Waals surface area (Å²) >= 11 is 12.1. The van der Waals surface area contributed by atoms with Crippen LogP contribution < -0.4 is 20.5 Å². The van der Waals surface area contributed by atoms with Crippen molar-refractivity contribution in [1.82, 2.24) is 4.57 Å². The van der Waals surface area contributed by atoms with Gasteiger partial charge in [0.25, 0.3) is 11.8 Å². The number of carbonyl (C=O) groups excluding carboxylic acids is 2. The third-order valence-corrected chi connectivity index (χ3v) is 5.53. The number of aromatic nitrogens is 1. The van der Waals surface area contributed by atoms with Gasteiger partial charge in [-0.15, -0.1) is 0 Å². The maximum absolute atomic E-state index is 13.5. The van der Waals surface area contributed by atoms with Gasteiger partial charge in [0.1, 0.15) is 5.82 Å². The van der Waals surface area contributed by atoms with Crippen LogP contribution in [0, 0.1) is 0 Å². The summed E-state index contributed by atoms with van der Waals surface area (Å²) in [6.45, 7) is 0. The van der Waals surface area contributed by atoms with Crippen molar-refractivity contribution in [2.45, 2.75) is 0 Å². The summed E-state index contributed by atoms with van der Waals surface area (Å²) in [5, 5.41) is 4.02. The summed E-state index contributed by atoms with van der Waals surface area (Å²) < 4.78 is 11.8. The second-order valence-electron chi connectivity index (χ2n) is 7.10. The van der Waals surface area contributed by atoms with E-state index in [0.717, 1.165) is 0 Å². The molecule has 0 bridgehead atoms. The highest BCUT2D eigenvalue weighted by atomic mass is 35.5. The Kier molecular flexibility index (Phi) is 6.18. The maximum atomic E-state index is 13.5. The topological polar surface area (TPSA) is 95.6 Å². The van der Waals surface area contributed by atoms with Crippen molar-refractivity contribution in [1.29, 1.82) is 0 Å². The zero-order valence-corrected chi connectivity index (χ0v) is 19.2. The average Bonchev–Trinajstić information content (AvgIpc) is 3.09. The Hall–Kier alpha value is -3.68. The molecule has 0 aliphatic heterocycles. The van der Waals surface area contributed by atoms with E-state index in [1.807, 2.05) is 0 Å². The summed E-state index contributed by atoms with van der Waals surface area (Å²) in [6.07, 6.45) is 0. The number of nitrogens with two attached hydrogens (primary N) is 1. The molecule has 4 aromatic rings. The van der Waals surface area contributed by atoms with Crippen molar-refractivity contribution in [3.05, 3.63) is 81.8 Å². The van der Waals surface area contributed by atoms with Gasteiger partial charge in [-0.2, -0.15) is 0 Å². The molecule has 0 atom stereocenters. The fraction of sp³-hybridized carbons (Fsp3) is 0.0833. The molecule has 3 aromatic carbocycles. The Balaban J connectivity index is 1.81. The molecule has 0 fully saturated rings. The van der Waals surface area contributed by atoms with Gasteiger partial charge in [-0.25, -0.2) is 0 Å². The van der Waals surface area contributed by atoms with E-state index in [1.54, 1.807) is 60.7 Å². The van der Waals surface area contributed by atoms with Crippen molar-refractivity contribution in [2.24, 2.45) is 0 Å². The molecule has 0 unspecified atom stereocenters. The van der Waals surface area contributed by atoms with Crippen LogP contribution in [0.5, 0.6) is 11.5 Å². The fourth-order valence-electron chi connectivity index (χ4n) is 3.63. The molecular formula is C24H19Cl2N3O4. The molecule has 1 amide bonds. The first-order valence-electron chi connectivity index (χ1n) is 9.77. The molecule has 9 heteroatoms. The lowest BCUT2D eigenvalue weighted by atomic mass is 10.1. The number of hydrogen-bond donors (Lipinski definition) is 2. The Bertz CT molecular complexity index is 1380.